The van der Waals surface area contributed by atoms with Gasteiger partial charge in [-0.2, -0.15) is 0 Å². The van der Waals surface area contributed by atoms with Crippen molar-refractivity contribution in [3.63, 3.8) is 0 Å². The first-order valence-corrected chi connectivity index (χ1v) is 7.05. The molecule has 3 nitrogen and oxygen atoms in total. The maximum atomic E-state index is 13.5. The highest BCUT2D eigenvalue weighted by Gasteiger charge is 2.05. The van der Waals surface area contributed by atoms with Gasteiger partial charge in [-0.25, -0.2) is 9.37 Å². The lowest BCUT2D eigenvalue weighted by molar-refractivity contribution is 0.442. The lowest BCUT2D eigenvalue weighted by Gasteiger charge is -2.13. The quantitative estimate of drug-likeness (QED) is 0.883. The SMILES string of the molecule is CC(CNCc1cc(Br)ccc1F)Cn1ccnc1. The molecule has 0 saturated carbocycles. The number of rotatable bonds is 6. The van der Waals surface area contributed by atoms with Crippen LogP contribution >= 0.6 is 15.9 Å². The van der Waals surface area contributed by atoms with E-state index in [9.17, 15) is 4.39 Å². The van der Waals surface area contributed by atoms with Gasteiger partial charge in [-0.1, -0.05) is 22.9 Å². The van der Waals surface area contributed by atoms with Crippen molar-refractivity contribution in [2.45, 2.75) is 20.0 Å². The number of imidazole rings is 1. The predicted molar refractivity (Wildman–Crippen MR) is 77.2 cm³/mol. The molecule has 0 radical (unpaired) electrons. The van der Waals surface area contributed by atoms with Crippen LogP contribution in [0.25, 0.3) is 0 Å². The first-order chi connectivity index (χ1) is 9.15. The summed E-state index contributed by atoms with van der Waals surface area (Å²) in [6.07, 6.45) is 5.53. The molecule has 1 atom stereocenters. The van der Waals surface area contributed by atoms with Crippen LogP contribution in [0.5, 0.6) is 0 Å². The summed E-state index contributed by atoms with van der Waals surface area (Å²) < 4.78 is 16.5. The van der Waals surface area contributed by atoms with Crippen LogP contribution < -0.4 is 5.32 Å². The molecule has 2 aromatic rings. The molecular weight excluding hydrogens is 309 g/mol. The zero-order chi connectivity index (χ0) is 13.7. The van der Waals surface area contributed by atoms with E-state index in [1.54, 1.807) is 12.3 Å². The molecule has 0 aliphatic rings. The van der Waals surface area contributed by atoms with E-state index in [4.69, 9.17) is 0 Å². The van der Waals surface area contributed by atoms with Gasteiger partial charge in [0.15, 0.2) is 0 Å². The topological polar surface area (TPSA) is 29.9 Å². The standard InChI is InChI=1S/C14H17BrFN3/c1-11(9-19-5-4-17-10-19)7-18-8-12-6-13(15)2-3-14(12)16/h2-6,10-11,18H,7-9H2,1H3. The number of hydrogen-bond acceptors (Lipinski definition) is 2. The van der Waals surface area contributed by atoms with Crippen molar-refractivity contribution in [3.8, 4) is 0 Å². The van der Waals surface area contributed by atoms with E-state index in [0.717, 1.165) is 17.6 Å². The highest BCUT2D eigenvalue weighted by molar-refractivity contribution is 9.10. The summed E-state index contributed by atoms with van der Waals surface area (Å²) in [5.74, 6) is 0.294. The first kappa shape index (κ1) is 14.2. The fraction of sp³-hybridized carbons (Fsp3) is 0.357. The molecule has 0 aliphatic carbocycles. The molecule has 102 valence electrons. The van der Waals surface area contributed by atoms with Gasteiger partial charge in [-0.3, -0.25) is 0 Å². The lowest BCUT2D eigenvalue weighted by atomic mass is 10.1. The summed E-state index contributed by atoms with van der Waals surface area (Å²) in [7, 11) is 0. The Hall–Kier alpha value is -1.20. The number of nitrogens with zero attached hydrogens (tertiary/aromatic N) is 2. The second-order valence-corrected chi connectivity index (χ2v) is 5.65. The average Bonchev–Trinajstić information content (AvgIpc) is 2.86. The number of benzene rings is 1. The Balaban J connectivity index is 1.78. The molecule has 0 aliphatic heterocycles. The molecule has 0 saturated heterocycles. The van der Waals surface area contributed by atoms with E-state index in [-0.39, 0.29) is 5.82 Å². The molecule has 5 heteroatoms. The van der Waals surface area contributed by atoms with Gasteiger partial charge in [-0.15, -0.1) is 0 Å². The maximum Gasteiger partial charge on any atom is 0.127 e. The van der Waals surface area contributed by atoms with Crippen molar-refractivity contribution in [1.29, 1.82) is 0 Å². The van der Waals surface area contributed by atoms with Gasteiger partial charge in [0, 0.05) is 35.5 Å². The van der Waals surface area contributed by atoms with Crippen molar-refractivity contribution in [3.05, 3.63) is 52.8 Å². The van der Waals surface area contributed by atoms with E-state index in [0.29, 0.717) is 18.0 Å². The third-order valence-electron chi connectivity index (χ3n) is 2.90. The molecule has 0 fully saturated rings. The van der Waals surface area contributed by atoms with Gasteiger partial charge in [0.2, 0.25) is 0 Å². The zero-order valence-electron chi connectivity index (χ0n) is 10.8. The summed E-state index contributed by atoms with van der Waals surface area (Å²) in [5, 5.41) is 3.29. The van der Waals surface area contributed by atoms with Crippen LogP contribution in [0.1, 0.15) is 12.5 Å². The number of nitrogens with one attached hydrogen (secondary N) is 1. The van der Waals surface area contributed by atoms with E-state index >= 15 is 0 Å². The Labute approximate surface area is 121 Å². The summed E-state index contributed by atoms with van der Waals surface area (Å²) in [4.78, 5) is 4.01. The Morgan fingerprint density at radius 3 is 3.05 bits per heavy atom. The van der Waals surface area contributed by atoms with Crippen LogP contribution in [0, 0.1) is 11.7 Å². The highest BCUT2D eigenvalue weighted by Crippen LogP contribution is 2.15. The van der Waals surface area contributed by atoms with E-state index in [2.05, 4.69) is 33.2 Å². The van der Waals surface area contributed by atoms with Gasteiger partial charge >= 0.3 is 0 Å². The Bertz CT molecular complexity index is 513. The minimum absolute atomic E-state index is 0.169. The molecule has 1 aromatic carbocycles. The number of halogens is 2. The summed E-state index contributed by atoms with van der Waals surface area (Å²) in [6.45, 7) is 4.45. The number of aromatic nitrogens is 2. The van der Waals surface area contributed by atoms with Crippen molar-refractivity contribution >= 4 is 15.9 Å². The van der Waals surface area contributed by atoms with Crippen LogP contribution in [0.15, 0.2) is 41.4 Å². The largest absolute Gasteiger partial charge is 0.337 e. The van der Waals surface area contributed by atoms with E-state index in [1.165, 1.54) is 6.07 Å². The smallest absolute Gasteiger partial charge is 0.127 e. The fourth-order valence-corrected chi connectivity index (χ4v) is 2.36. The molecule has 2 rings (SSSR count). The zero-order valence-corrected chi connectivity index (χ0v) is 12.4. The maximum absolute atomic E-state index is 13.5. The van der Waals surface area contributed by atoms with Gasteiger partial charge in [0.1, 0.15) is 5.82 Å². The van der Waals surface area contributed by atoms with Crippen LogP contribution in [0.4, 0.5) is 4.39 Å². The highest BCUT2D eigenvalue weighted by atomic mass is 79.9. The predicted octanol–water partition coefficient (Wildman–Crippen LogP) is 3.21. The molecule has 0 bridgehead atoms. The minimum atomic E-state index is -0.169. The molecule has 0 spiro atoms. The fourth-order valence-electron chi connectivity index (χ4n) is 1.95. The van der Waals surface area contributed by atoms with Gasteiger partial charge < -0.3 is 9.88 Å². The first-order valence-electron chi connectivity index (χ1n) is 6.25. The van der Waals surface area contributed by atoms with Gasteiger partial charge in [0.05, 0.1) is 6.33 Å². The Morgan fingerprint density at radius 2 is 2.32 bits per heavy atom. The van der Waals surface area contributed by atoms with Crippen LogP contribution in [-0.2, 0) is 13.1 Å². The average molecular weight is 326 g/mol. The summed E-state index contributed by atoms with van der Waals surface area (Å²) in [5.41, 5.74) is 0.684. The van der Waals surface area contributed by atoms with E-state index < -0.39 is 0 Å². The molecule has 1 unspecified atom stereocenters. The van der Waals surface area contributed by atoms with Crippen molar-refractivity contribution in [1.82, 2.24) is 14.9 Å². The van der Waals surface area contributed by atoms with Crippen molar-refractivity contribution in [2.75, 3.05) is 6.54 Å². The molecular formula is C14H17BrFN3. The molecule has 0 amide bonds. The second-order valence-electron chi connectivity index (χ2n) is 4.73. The Kier molecular flexibility index (Phi) is 5.10. The third kappa shape index (κ3) is 4.44. The molecule has 1 N–H and O–H groups in total. The van der Waals surface area contributed by atoms with Gasteiger partial charge in [0.25, 0.3) is 0 Å². The van der Waals surface area contributed by atoms with Crippen LogP contribution in [0.3, 0.4) is 0 Å². The Morgan fingerprint density at radius 1 is 1.47 bits per heavy atom. The van der Waals surface area contributed by atoms with Gasteiger partial charge in [-0.05, 0) is 30.7 Å². The second kappa shape index (κ2) is 6.82. The van der Waals surface area contributed by atoms with Crippen molar-refractivity contribution in [2.24, 2.45) is 5.92 Å². The number of hydrogen-bond donors (Lipinski definition) is 1. The lowest BCUT2D eigenvalue weighted by Crippen LogP contribution is -2.24. The summed E-state index contributed by atoms with van der Waals surface area (Å²) >= 11 is 3.35. The van der Waals surface area contributed by atoms with E-state index in [1.807, 2.05) is 23.2 Å². The van der Waals surface area contributed by atoms with Crippen LogP contribution in [-0.4, -0.2) is 16.1 Å². The monoisotopic (exact) mass is 325 g/mol. The summed E-state index contributed by atoms with van der Waals surface area (Å²) in [6, 6.07) is 5.00. The molecule has 1 heterocycles. The van der Waals surface area contributed by atoms with Crippen LogP contribution in [0.2, 0.25) is 0 Å². The molecule has 1 aromatic heterocycles. The molecule has 19 heavy (non-hydrogen) atoms. The minimum Gasteiger partial charge on any atom is -0.337 e. The van der Waals surface area contributed by atoms with Crippen molar-refractivity contribution < 1.29 is 4.39 Å². The third-order valence-corrected chi connectivity index (χ3v) is 3.39. The normalized spacial score (nSPS) is 12.6.